The van der Waals surface area contributed by atoms with Crippen LogP contribution in [-0.2, 0) is 0 Å². The fourth-order valence-corrected chi connectivity index (χ4v) is 1.68. The molecule has 0 saturated carbocycles. The molecule has 0 unspecified atom stereocenters. The molecular weight excluding hydrogens is 280 g/mol. The maximum atomic E-state index is 14.0. The van der Waals surface area contributed by atoms with Crippen LogP contribution < -0.4 is 0 Å². The topological polar surface area (TPSA) is 68.9 Å². The van der Waals surface area contributed by atoms with Gasteiger partial charge in [-0.1, -0.05) is 6.07 Å². The van der Waals surface area contributed by atoms with Gasteiger partial charge < -0.3 is 0 Å². The molecule has 0 spiro atoms. The molecule has 8 heteroatoms. The fraction of sp³-hybridized carbons (Fsp3) is 0.0909. The van der Waals surface area contributed by atoms with Gasteiger partial charge in [-0.2, -0.15) is 0 Å². The largest absolute Gasteiger partial charge is 0.313 e. The van der Waals surface area contributed by atoms with E-state index < -0.39 is 33.5 Å². The monoisotopic (exact) mass is 285 g/mol. The Labute approximate surface area is 111 Å². The highest BCUT2D eigenvalue weighted by Gasteiger charge is 2.25. The van der Waals surface area contributed by atoms with Gasteiger partial charge in [0.15, 0.2) is 5.69 Å². The number of halogens is 3. The van der Waals surface area contributed by atoms with Crippen LogP contribution in [0, 0.1) is 28.7 Å². The third-order valence-corrected chi connectivity index (χ3v) is 2.64. The molecule has 0 N–H and O–H groups in total. The van der Waals surface area contributed by atoms with Gasteiger partial charge >= 0.3 is 5.69 Å². The summed E-state index contributed by atoms with van der Waals surface area (Å²) in [6.07, 6.45) is 0.811. The molecule has 1 aromatic carbocycles. The molecule has 1 aromatic heterocycles. The van der Waals surface area contributed by atoms with E-state index in [1.807, 2.05) is 0 Å². The molecule has 0 bridgehead atoms. The summed E-state index contributed by atoms with van der Waals surface area (Å²) in [6.45, 7) is 1.41. The van der Waals surface area contributed by atoms with Crippen LogP contribution in [0.5, 0.6) is 0 Å². The summed E-state index contributed by atoms with van der Waals surface area (Å²) in [6, 6.07) is 2.23. The van der Waals surface area contributed by atoms with Crippen molar-refractivity contribution in [3.8, 4) is 11.3 Å². The van der Waals surface area contributed by atoms with Crippen molar-refractivity contribution in [3.05, 3.63) is 50.9 Å². The maximum absolute atomic E-state index is 14.0. The van der Waals surface area contributed by atoms with Gasteiger partial charge in [0, 0.05) is 0 Å². The molecule has 1 heterocycles. The van der Waals surface area contributed by atoms with Crippen LogP contribution in [-0.4, -0.2) is 14.9 Å². The third-order valence-electron chi connectivity index (χ3n) is 2.46. The quantitative estimate of drug-likeness (QED) is 0.482. The minimum atomic E-state index is -0.957. The Balaban J connectivity index is 2.82. The van der Waals surface area contributed by atoms with Gasteiger partial charge in [-0.05, 0) is 30.2 Å². The van der Waals surface area contributed by atoms with Crippen molar-refractivity contribution in [1.82, 2.24) is 9.97 Å². The van der Waals surface area contributed by atoms with E-state index in [4.69, 9.17) is 11.6 Å². The average Bonchev–Trinajstić information content (AvgIpc) is 2.34. The Morgan fingerprint density at radius 1 is 1.37 bits per heavy atom. The second-order valence-corrected chi connectivity index (χ2v) is 4.02. The summed E-state index contributed by atoms with van der Waals surface area (Å²) in [5, 5.41) is 10.5. The van der Waals surface area contributed by atoms with Gasteiger partial charge in [0.2, 0.25) is 5.28 Å². The molecule has 0 aliphatic rings. The Morgan fingerprint density at radius 2 is 2.05 bits per heavy atom. The molecule has 19 heavy (non-hydrogen) atoms. The molecule has 5 nitrogen and oxygen atoms in total. The highest BCUT2D eigenvalue weighted by molar-refractivity contribution is 6.28. The molecule has 2 rings (SSSR count). The lowest BCUT2D eigenvalue weighted by Gasteiger charge is -2.07. The molecule has 2 aromatic rings. The van der Waals surface area contributed by atoms with Gasteiger partial charge in [0.25, 0.3) is 0 Å². The van der Waals surface area contributed by atoms with Crippen molar-refractivity contribution in [1.29, 1.82) is 0 Å². The Bertz CT molecular complexity index is 679. The molecular formula is C11H6ClF2N3O2. The number of aryl methyl sites for hydroxylation is 1. The minimum Gasteiger partial charge on any atom is -0.258 e. The Morgan fingerprint density at radius 3 is 2.68 bits per heavy atom. The van der Waals surface area contributed by atoms with Crippen molar-refractivity contribution in [2.24, 2.45) is 0 Å². The number of hydrogen-bond donors (Lipinski definition) is 0. The molecule has 0 aliphatic carbocycles. The van der Waals surface area contributed by atoms with Crippen LogP contribution in [0.1, 0.15) is 5.56 Å². The number of benzene rings is 1. The second-order valence-electron chi connectivity index (χ2n) is 3.68. The fourth-order valence-electron chi connectivity index (χ4n) is 1.55. The first-order valence-electron chi connectivity index (χ1n) is 5.03. The SMILES string of the molecule is Cc1ccc(F)c(-c2nc(Cl)ncc2[N+](=O)[O-])c1F. The summed E-state index contributed by atoms with van der Waals surface area (Å²) in [7, 11) is 0. The van der Waals surface area contributed by atoms with Gasteiger partial charge in [-0.25, -0.2) is 18.7 Å². The van der Waals surface area contributed by atoms with Gasteiger partial charge in [0.1, 0.15) is 17.8 Å². The van der Waals surface area contributed by atoms with E-state index in [-0.39, 0.29) is 10.8 Å². The van der Waals surface area contributed by atoms with Crippen LogP contribution in [0.2, 0.25) is 5.28 Å². The Kier molecular flexibility index (Phi) is 3.39. The summed E-state index contributed by atoms with van der Waals surface area (Å²) in [5.41, 5.74) is -1.55. The number of nitro groups is 1. The molecule has 0 atom stereocenters. The summed E-state index contributed by atoms with van der Waals surface area (Å²) in [5.74, 6) is -1.88. The normalized spacial score (nSPS) is 10.5. The van der Waals surface area contributed by atoms with Gasteiger partial charge in [0.05, 0.1) is 10.5 Å². The predicted octanol–water partition coefficient (Wildman–Crippen LogP) is 3.29. The van der Waals surface area contributed by atoms with E-state index in [9.17, 15) is 18.9 Å². The molecule has 98 valence electrons. The van der Waals surface area contributed by atoms with E-state index in [1.54, 1.807) is 0 Å². The zero-order valence-corrected chi connectivity index (χ0v) is 10.3. The summed E-state index contributed by atoms with van der Waals surface area (Å²) >= 11 is 5.53. The van der Waals surface area contributed by atoms with Crippen LogP contribution in [0.4, 0.5) is 14.5 Å². The average molecular weight is 286 g/mol. The van der Waals surface area contributed by atoms with Crippen LogP contribution >= 0.6 is 11.6 Å². The van der Waals surface area contributed by atoms with Crippen molar-refractivity contribution in [2.45, 2.75) is 6.92 Å². The first-order valence-corrected chi connectivity index (χ1v) is 5.41. The summed E-state index contributed by atoms with van der Waals surface area (Å²) in [4.78, 5) is 17.0. The van der Waals surface area contributed by atoms with E-state index in [1.165, 1.54) is 13.0 Å². The number of hydrogen-bond acceptors (Lipinski definition) is 4. The van der Waals surface area contributed by atoms with Crippen molar-refractivity contribution in [2.75, 3.05) is 0 Å². The zero-order valence-electron chi connectivity index (χ0n) is 9.52. The number of aromatic nitrogens is 2. The van der Waals surface area contributed by atoms with Crippen molar-refractivity contribution >= 4 is 17.3 Å². The highest BCUT2D eigenvalue weighted by Crippen LogP contribution is 2.33. The van der Waals surface area contributed by atoms with Crippen LogP contribution in [0.15, 0.2) is 18.3 Å². The molecule has 0 radical (unpaired) electrons. The van der Waals surface area contributed by atoms with Gasteiger partial charge in [-0.3, -0.25) is 10.1 Å². The first-order chi connectivity index (χ1) is 8.91. The van der Waals surface area contributed by atoms with Gasteiger partial charge in [-0.15, -0.1) is 0 Å². The maximum Gasteiger partial charge on any atom is 0.313 e. The Hall–Kier alpha value is -2.15. The molecule has 0 fully saturated rings. The lowest BCUT2D eigenvalue weighted by molar-refractivity contribution is -0.384. The summed E-state index contributed by atoms with van der Waals surface area (Å²) < 4.78 is 27.7. The van der Waals surface area contributed by atoms with Crippen LogP contribution in [0.25, 0.3) is 11.3 Å². The van der Waals surface area contributed by atoms with E-state index in [2.05, 4.69) is 9.97 Å². The number of nitrogens with zero attached hydrogens (tertiary/aromatic N) is 3. The molecule has 0 saturated heterocycles. The zero-order chi connectivity index (χ0) is 14.2. The highest BCUT2D eigenvalue weighted by atomic mass is 35.5. The smallest absolute Gasteiger partial charge is 0.258 e. The predicted molar refractivity (Wildman–Crippen MR) is 63.8 cm³/mol. The van der Waals surface area contributed by atoms with E-state index >= 15 is 0 Å². The standard InChI is InChI=1S/C11H6ClF2N3O2/c1-5-2-3-6(13)8(9(5)14)10-7(17(18)19)4-15-11(12)16-10/h2-4H,1H3. The second kappa shape index (κ2) is 4.85. The molecule has 0 aliphatic heterocycles. The lowest BCUT2D eigenvalue weighted by Crippen LogP contribution is -2.01. The van der Waals surface area contributed by atoms with E-state index in [0.717, 1.165) is 12.3 Å². The number of rotatable bonds is 2. The minimum absolute atomic E-state index is 0.139. The van der Waals surface area contributed by atoms with Crippen molar-refractivity contribution < 1.29 is 13.7 Å². The van der Waals surface area contributed by atoms with Crippen LogP contribution in [0.3, 0.4) is 0 Å². The third kappa shape index (κ3) is 2.37. The lowest BCUT2D eigenvalue weighted by atomic mass is 10.1. The van der Waals surface area contributed by atoms with Crippen molar-refractivity contribution in [3.63, 3.8) is 0 Å². The molecule has 0 amide bonds. The van der Waals surface area contributed by atoms with E-state index in [0.29, 0.717) is 0 Å². The first kappa shape index (κ1) is 13.3.